The van der Waals surface area contributed by atoms with Crippen LogP contribution in [-0.4, -0.2) is 37.2 Å². The summed E-state index contributed by atoms with van der Waals surface area (Å²) in [5.41, 5.74) is 0. The summed E-state index contributed by atoms with van der Waals surface area (Å²) in [6.07, 6.45) is 70.0. The maximum Gasteiger partial charge on any atom is 0.306 e. The van der Waals surface area contributed by atoms with Crippen LogP contribution in [0, 0.1) is 0 Å². The zero-order valence-corrected chi connectivity index (χ0v) is 42.2. The molecule has 0 N–H and O–H groups in total. The molecule has 0 aliphatic carbocycles. The highest BCUT2D eigenvalue weighted by atomic mass is 16.6. The zero-order chi connectivity index (χ0) is 47.2. The second-order valence-electron chi connectivity index (χ2n) is 17.4. The van der Waals surface area contributed by atoms with E-state index >= 15 is 0 Å². The zero-order valence-electron chi connectivity index (χ0n) is 42.2. The van der Waals surface area contributed by atoms with Crippen LogP contribution in [0.1, 0.15) is 239 Å². The van der Waals surface area contributed by atoms with Crippen LogP contribution in [0.5, 0.6) is 0 Å². The van der Waals surface area contributed by atoms with Gasteiger partial charge in [0, 0.05) is 19.3 Å². The fourth-order valence-electron chi connectivity index (χ4n) is 7.10. The summed E-state index contributed by atoms with van der Waals surface area (Å²) in [6.45, 7) is 6.43. The molecule has 0 aliphatic heterocycles. The molecule has 0 aromatic carbocycles. The Labute approximate surface area is 400 Å². The number of esters is 3. The summed E-state index contributed by atoms with van der Waals surface area (Å²) in [5.74, 6) is -0.910. The molecule has 65 heavy (non-hydrogen) atoms. The summed E-state index contributed by atoms with van der Waals surface area (Å²) in [5, 5.41) is 0. The number of hydrogen-bond acceptors (Lipinski definition) is 6. The predicted octanol–water partition coefficient (Wildman–Crippen LogP) is 17.8. The fraction of sp³-hybridized carbons (Fsp3) is 0.678. The van der Waals surface area contributed by atoms with Crippen molar-refractivity contribution in [3.8, 4) is 0 Å². The Morgan fingerprint density at radius 2 is 0.600 bits per heavy atom. The van der Waals surface area contributed by atoms with Crippen molar-refractivity contribution >= 4 is 17.9 Å². The van der Waals surface area contributed by atoms with Gasteiger partial charge in [0.25, 0.3) is 0 Å². The smallest absolute Gasteiger partial charge is 0.306 e. The van der Waals surface area contributed by atoms with E-state index < -0.39 is 6.10 Å². The van der Waals surface area contributed by atoms with Crippen LogP contribution in [0.2, 0.25) is 0 Å². The first-order valence-corrected chi connectivity index (χ1v) is 26.7. The van der Waals surface area contributed by atoms with E-state index in [0.29, 0.717) is 19.3 Å². The van der Waals surface area contributed by atoms with Crippen LogP contribution in [0.4, 0.5) is 0 Å². The Morgan fingerprint density at radius 1 is 0.323 bits per heavy atom. The minimum absolute atomic E-state index is 0.0807. The van der Waals surface area contributed by atoms with Gasteiger partial charge in [0.15, 0.2) is 6.10 Å². The van der Waals surface area contributed by atoms with Gasteiger partial charge in [0.2, 0.25) is 0 Å². The van der Waals surface area contributed by atoms with E-state index in [-0.39, 0.29) is 31.1 Å². The molecule has 0 aromatic heterocycles. The molecular weight excluding hydrogens is 805 g/mol. The van der Waals surface area contributed by atoms with Crippen molar-refractivity contribution in [3.05, 3.63) is 97.2 Å². The van der Waals surface area contributed by atoms with Gasteiger partial charge in [-0.3, -0.25) is 14.4 Å². The van der Waals surface area contributed by atoms with Gasteiger partial charge in [-0.1, -0.05) is 234 Å². The molecule has 0 aromatic rings. The molecule has 0 aliphatic rings. The lowest BCUT2D eigenvalue weighted by molar-refractivity contribution is -0.167. The number of carbonyl (C=O) groups excluding carboxylic acids is 3. The molecule has 6 nitrogen and oxygen atoms in total. The highest BCUT2D eigenvalue weighted by molar-refractivity contribution is 5.71. The van der Waals surface area contributed by atoms with Gasteiger partial charge in [-0.25, -0.2) is 0 Å². The normalized spacial score (nSPS) is 12.8. The molecule has 0 amide bonds. The van der Waals surface area contributed by atoms with E-state index in [1.807, 2.05) is 0 Å². The molecule has 6 heteroatoms. The number of allylic oxidation sites excluding steroid dienone is 16. The largest absolute Gasteiger partial charge is 0.462 e. The number of unbranched alkanes of at least 4 members (excludes halogenated alkanes) is 20. The van der Waals surface area contributed by atoms with Crippen molar-refractivity contribution in [2.24, 2.45) is 0 Å². The van der Waals surface area contributed by atoms with Crippen LogP contribution < -0.4 is 0 Å². The lowest BCUT2D eigenvalue weighted by Gasteiger charge is -2.18. The standard InChI is InChI=1S/C59H98O6/c1-4-7-10-13-16-18-20-21-22-23-24-25-26-27-28-29-30-31-32-33-34-35-36-37-38-39-40-42-43-46-49-52-58(61)64-55-56(54-63-57(60)51-48-45-15-12-9-6-3)65-59(62)53-50-47-44-41-19-17-14-11-8-5-2/h7,10,16,18,21-22,24-25,27-28,30-31,33-34,36-37,56H,4-6,8-9,11-15,17,19-20,23,26,29,32,35,38-55H2,1-3H3/b10-7-,18-16-,22-21-,25-24-,28-27-,31-30-,34-33-,37-36-. The number of rotatable bonds is 47. The second-order valence-corrected chi connectivity index (χ2v) is 17.4. The van der Waals surface area contributed by atoms with Crippen LogP contribution in [0.25, 0.3) is 0 Å². The van der Waals surface area contributed by atoms with Gasteiger partial charge < -0.3 is 14.2 Å². The average molecular weight is 903 g/mol. The molecule has 0 radical (unpaired) electrons. The molecule has 1 atom stereocenters. The predicted molar refractivity (Wildman–Crippen MR) is 279 cm³/mol. The second kappa shape index (κ2) is 52.9. The Balaban J connectivity index is 4.11. The van der Waals surface area contributed by atoms with Crippen LogP contribution >= 0.6 is 0 Å². The van der Waals surface area contributed by atoms with E-state index in [1.54, 1.807) is 0 Å². The Morgan fingerprint density at radius 3 is 0.938 bits per heavy atom. The maximum atomic E-state index is 12.7. The monoisotopic (exact) mass is 903 g/mol. The minimum atomic E-state index is -0.776. The number of carbonyl (C=O) groups is 3. The van der Waals surface area contributed by atoms with Gasteiger partial charge in [0.1, 0.15) is 13.2 Å². The summed E-state index contributed by atoms with van der Waals surface area (Å²) < 4.78 is 16.6. The molecule has 0 saturated heterocycles. The topological polar surface area (TPSA) is 78.9 Å². The Bertz CT molecular complexity index is 1310. The molecule has 1 unspecified atom stereocenters. The molecular formula is C59H98O6. The van der Waals surface area contributed by atoms with Gasteiger partial charge in [0.05, 0.1) is 0 Å². The molecule has 0 saturated carbocycles. The third-order valence-electron chi connectivity index (χ3n) is 11.1. The van der Waals surface area contributed by atoms with Crippen molar-refractivity contribution in [1.82, 2.24) is 0 Å². The number of hydrogen-bond donors (Lipinski definition) is 0. The van der Waals surface area contributed by atoms with E-state index in [1.165, 1.54) is 77.0 Å². The molecule has 0 heterocycles. The van der Waals surface area contributed by atoms with Crippen molar-refractivity contribution in [2.45, 2.75) is 245 Å². The first kappa shape index (κ1) is 61.3. The van der Waals surface area contributed by atoms with Crippen molar-refractivity contribution in [2.75, 3.05) is 13.2 Å². The molecule has 0 bridgehead atoms. The molecule has 0 fully saturated rings. The van der Waals surface area contributed by atoms with E-state index in [4.69, 9.17) is 14.2 Å². The van der Waals surface area contributed by atoms with Crippen molar-refractivity contribution < 1.29 is 28.6 Å². The highest BCUT2D eigenvalue weighted by Gasteiger charge is 2.19. The SMILES string of the molecule is CC/C=C\C/C=C\C/C=C\C/C=C\C/C=C\C/C=C\C/C=C\C/C=C\CCCCCCCCC(=O)OCC(COC(=O)CCCCCCCC)OC(=O)CCCCCCCCCCCC. The average Bonchev–Trinajstić information content (AvgIpc) is 3.30. The van der Waals surface area contributed by atoms with Crippen molar-refractivity contribution in [3.63, 3.8) is 0 Å². The summed E-state index contributed by atoms with van der Waals surface area (Å²) in [6, 6.07) is 0. The minimum Gasteiger partial charge on any atom is -0.462 e. The van der Waals surface area contributed by atoms with Gasteiger partial charge in [-0.15, -0.1) is 0 Å². The van der Waals surface area contributed by atoms with Crippen LogP contribution in [0.3, 0.4) is 0 Å². The highest BCUT2D eigenvalue weighted by Crippen LogP contribution is 2.14. The fourth-order valence-corrected chi connectivity index (χ4v) is 7.10. The third kappa shape index (κ3) is 51.2. The maximum absolute atomic E-state index is 12.7. The lowest BCUT2D eigenvalue weighted by atomic mass is 10.1. The van der Waals surface area contributed by atoms with Gasteiger partial charge in [-0.05, 0) is 83.5 Å². The Hall–Kier alpha value is -3.67. The van der Waals surface area contributed by atoms with Gasteiger partial charge >= 0.3 is 17.9 Å². The summed E-state index contributed by atoms with van der Waals surface area (Å²) in [7, 11) is 0. The van der Waals surface area contributed by atoms with Crippen LogP contribution in [0.15, 0.2) is 97.2 Å². The lowest BCUT2D eigenvalue weighted by Crippen LogP contribution is -2.30. The van der Waals surface area contributed by atoms with E-state index in [2.05, 4.69) is 118 Å². The van der Waals surface area contributed by atoms with Crippen molar-refractivity contribution in [1.29, 1.82) is 0 Å². The first-order valence-electron chi connectivity index (χ1n) is 26.7. The molecule has 0 spiro atoms. The quantitative estimate of drug-likeness (QED) is 0.0262. The third-order valence-corrected chi connectivity index (χ3v) is 11.1. The van der Waals surface area contributed by atoms with E-state index in [0.717, 1.165) is 122 Å². The first-order chi connectivity index (χ1) is 32.0. The van der Waals surface area contributed by atoms with E-state index in [9.17, 15) is 14.4 Å². The van der Waals surface area contributed by atoms with Gasteiger partial charge in [-0.2, -0.15) is 0 Å². The molecule has 0 rings (SSSR count). The van der Waals surface area contributed by atoms with Crippen LogP contribution in [-0.2, 0) is 28.6 Å². The Kier molecular flexibility index (Phi) is 50.0. The number of ether oxygens (including phenoxy) is 3. The molecule has 370 valence electrons. The summed E-state index contributed by atoms with van der Waals surface area (Å²) >= 11 is 0. The summed E-state index contributed by atoms with van der Waals surface area (Å²) in [4.78, 5) is 37.6.